The SMILES string of the molecule is COc1c(C(=O)N(C)C2CCN(C(=O)CO)CC2)[nH]c2c1c(=O)n(CC(=O)c1ccccc1)c1ccccc21. The molecule has 0 aliphatic carbocycles. The first-order chi connectivity index (χ1) is 18.8. The number of aromatic nitrogens is 2. The molecule has 0 bridgehead atoms. The first-order valence-corrected chi connectivity index (χ1v) is 12.8. The predicted molar refractivity (Wildman–Crippen MR) is 146 cm³/mol. The molecule has 0 atom stereocenters. The minimum atomic E-state index is -0.534. The Morgan fingerprint density at radius 1 is 1.05 bits per heavy atom. The molecule has 1 fully saturated rings. The number of Topliss-reactive ketones (excluding diaryl/α,β-unsaturated/α-hetero) is 1. The Morgan fingerprint density at radius 3 is 2.38 bits per heavy atom. The number of likely N-dealkylation sites (tertiary alicyclic amines) is 1. The molecule has 1 saturated heterocycles. The van der Waals surface area contributed by atoms with Crippen molar-refractivity contribution in [1.82, 2.24) is 19.4 Å². The molecular weight excluding hydrogens is 500 g/mol. The topological polar surface area (TPSA) is 125 Å². The number of piperidine rings is 1. The zero-order chi connectivity index (χ0) is 27.7. The van der Waals surface area contributed by atoms with Gasteiger partial charge in [0.25, 0.3) is 11.5 Å². The maximum Gasteiger partial charge on any atom is 0.274 e. The van der Waals surface area contributed by atoms with Gasteiger partial charge in [-0.3, -0.25) is 23.7 Å². The number of ketones is 1. The molecule has 2 aromatic heterocycles. The Hall–Kier alpha value is -4.44. The van der Waals surface area contributed by atoms with Crippen LogP contribution in [0.3, 0.4) is 0 Å². The lowest BCUT2D eigenvalue weighted by Gasteiger charge is -2.36. The molecule has 1 aliphatic heterocycles. The van der Waals surface area contributed by atoms with E-state index in [9.17, 15) is 19.2 Å². The molecule has 5 rings (SSSR count). The summed E-state index contributed by atoms with van der Waals surface area (Å²) in [4.78, 5) is 58.8. The fourth-order valence-electron chi connectivity index (χ4n) is 5.37. The van der Waals surface area contributed by atoms with E-state index in [4.69, 9.17) is 9.84 Å². The van der Waals surface area contributed by atoms with Gasteiger partial charge in [0.15, 0.2) is 11.5 Å². The second-order valence-electron chi connectivity index (χ2n) is 9.67. The van der Waals surface area contributed by atoms with Crippen molar-refractivity contribution in [3.8, 4) is 5.75 Å². The van der Waals surface area contributed by atoms with E-state index in [1.54, 1.807) is 53.2 Å². The van der Waals surface area contributed by atoms with Crippen molar-refractivity contribution in [3.63, 3.8) is 0 Å². The van der Waals surface area contributed by atoms with Crippen molar-refractivity contribution in [2.24, 2.45) is 0 Å². The van der Waals surface area contributed by atoms with Gasteiger partial charge in [0, 0.05) is 37.1 Å². The van der Waals surface area contributed by atoms with Crippen molar-refractivity contribution in [1.29, 1.82) is 0 Å². The number of para-hydroxylation sites is 1. The number of methoxy groups -OCH3 is 1. The molecule has 2 aromatic carbocycles. The number of benzene rings is 2. The maximum atomic E-state index is 13.9. The number of pyridine rings is 1. The number of fused-ring (bicyclic) bond motifs is 3. The number of nitrogens with zero attached hydrogens (tertiary/aromatic N) is 3. The van der Waals surface area contributed by atoms with Gasteiger partial charge in [0.05, 0.1) is 24.7 Å². The lowest BCUT2D eigenvalue weighted by Crippen LogP contribution is -2.48. The molecule has 3 heterocycles. The third-order valence-electron chi connectivity index (χ3n) is 7.51. The van der Waals surface area contributed by atoms with Crippen molar-refractivity contribution in [3.05, 3.63) is 76.2 Å². The number of nitrogens with one attached hydrogen (secondary N) is 1. The summed E-state index contributed by atoms with van der Waals surface area (Å²) in [6.45, 7) is 0.183. The smallest absolute Gasteiger partial charge is 0.274 e. The van der Waals surface area contributed by atoms with Crippen LogP contribution in [0.15, 0.2) is 59.4 Å². The van der Waals surface area contributed by atoms with Crippen LogP contribution in [0.25, 0.3) is 21.8 Å². The van der Waals surface area contributed by atoms with Crippen molar-refractivity contribution >= 4 is 39.4 Å². The highest BCUT2D eigenvalue weighted by atomic mass is 16.5. The van der Waals surface area contributed by atoms with E-state index in [-0.39, 0.29) is 47.0 Å². The fourth-order valence-corrected chi connectivity index (χ4v) is 5.37. The molecule has 2 amide bonds. The van der Waals surface area contributed by atoms with E-state index >= 15 is 0 Å². The summed E-state index contributed by atoms with van der Waals surface area (Å²) in [5.41, 5.74) is 1.25. The lowest BCUT2D eigenvalue weighted by molar-refractivity contribution is -0.135. The molecule has 1 aliphatic rings. The number of hydrogen-bond donors (Lipinski definition) is 2. The van der Waals surface area contributed by atoms with E-state index in [0.29, 0.717) is 47.9 Å². The van der Waals surface area contributed by atoms with Gasteiger partial charge in [0.1, 0.15) is 17.7 Å². The number of hydrogen-bond acceptors (Lipinski definition) is 6. The second kappa shape index (κ2) is 10.7. The average molecular weight is 531 g/mol. The standard InChI is InChI=1S/C29H30N4O6/c1-31(19-12-14-32(15-13-19)23(36)17-34)29(38)26-27(39-2)24-25(30-26)20-10-6-7-11-21(20)33(28(24)37)16-22(35)18-8-4-3-5-9-18/h3-11,19,30,34H,12-17H2,1-2H3. The van der Waals surface area contributed by atoms with Crippen LogP contribution in [-0.4, -0.2) is 82.0 Å². The first kappa shape index (κ1) is 26.2. The number of aromatic amines is 1. The molecule has 10 nitrogen and oxygen atoms in total. The molecule has 39 heavy (non-hydrogen) atoms. The summed E-state index contributed by atoms with van der Waals surface area (Å²) in [6.07, 6.45) is 1.13. The van der Waals surface area contributed by atoms with E-state index in [1.807, 2.05) is 18.2 Å². The third kappa shape index (κ3) is 4.67. The van der Waals surface area contributed by atoms with Crippen molar-refractivity contribution in [2.75, 3.05) is 33.9 Å². The monoisotopic (exact) mass is 530 g/mol. The molecule has 202 valence electrons. The zero-order valence-corrected chi connectivity index (χ0v) is 21.8. The summed E-state index contributed by atoms with van der Waals surface area (Å²) in [5, 5.41) is 10.0. The van der Waals surface area contributed by atoms with Crippen LogP contribution in [0.5, 0.6) is 5.75 Å². The van der Waals surface area contributed by atoms with Gasteiger partial charge in [0.2, 0.25) is 5.91 Å². The van der Waals surface area contributed by atoms with Crippen LogP contribution < -0.4 is 10.3 Å². The van der Waals surface area contributed by atoms with E-state index in [1.165, 1.54) is 11.7 Å². The number of rotatable bonds is 7. The number of amides is 2. The first-order valence-electron chi connectivity index (χ1n) is 12.8. The molecule has 0 unspecified atom stereocenters. The summed E-state index contributed by atoms with van der Waals surface area (Å²) in [6, 6.07) is 15.9. The Kier molecular flexibility index (Phi) is 7.21. The minimum Gasteiger partial charge on any atom is -0.493 e. The molecule has 0 spiro atoms. The Labute approximate surface area is 224 Å². The Balaban J connectivity index is 1.55. The Bertz CT molecular complexity index is 1620. The highest BCUT2D eigenvalue weighted by Crippen LogP contribution is 2.33. The summed E-state index contributed by atoms with van der Waals surface area (Å²) in [7, 11) is 3.10. The quantitative estimate of drug-likeness (QED) is 0.354. The largest absolute Gasteiger partial charge is 0.493 e. The van der Waals surface area contributed by atoms with Gasteiger partial charge in [-0.05, 0) is 18.9 Å². The number of ether oxygens (including phenoxy) is 1. The van der Waals surface area contributed by atoms with Crippen LogP contribution in [0.2, 0.25) is 0 Å². The summed E-state index contributed by atoms with van der Waals surface area (Å²) >= 11 is 0. The summed E-state index contributed by atoms with van der Waals surface area (Å²) in [5.74, 6) is -0.746. The highest BCUT2D eigenvalue weighted by Gasteiger charge is 2.31. The number of aliphatic hydroxyl groups is 1. The normalized spacial score (nSPS) is 14.1. The third-order valence-corrected chi connectivity index (χ3v) is 7.51. The van der Waals surface area contributed by atoms with Crippen LogP contribution in [0.1, 0.15) is 33.7 Å². The highest BCUT2D eigenvalue weighted by molar-refractivity contribution is 6.11. The van der Waals surface area contributed by atoms with Gasteiger partial charge < -0.3 is 24.6 Å². The van der Waals surface area contributed by atoms with Gasteiger partial charge in [-0.2, -0.15) is 0 Å². The van der Waals surface area contributed by atoms with Gasteiger partial charge in [-0.1, -0.05) is 48.5 Å². The number of aliphatic hydroxyl groups excluding tert-OH is 1. The molecule has 2 N–H and O–H groups in total. The number of carbonyl (C=O) groups excluding carboxylic acids is 3. The number of carbonyl (C=O) groups is 3. The Morgan fingerprint density at radius 2 is 1.72 bits per heavy atom. The fraction of sp³-hybridized carbons (Fsp3) is 0.310. The van der Waals surface area contributed by atoms with Crippen LogP contribution in [-0.2, 0) is 11.3 Å². The molecule has 0 radical (unpaired) electrons. The van der Waals surface area contributed by atoms with Crippen molar-refractivity contribution < 1.29 is 24.2 Å². The average Bonchev–Trinajstić information content (AvgIpc) is 3.38. The van der Waals surface area contributed by atoms with E-state index in [2.05, 4.69) is 4.98 Å². The van der Waals surface area contributed by atoms with E-state index < -0.39 is 12.2 Å². The summed E-state index contributed by atoms with van der Waals surface area (Å²) < 4.78 is 7.06. The zero-order valence-electron chi connectivity index (χ0n) is 21.8. The van der Waals surface area contributed by atoms with Gasteiger partial charge >= 0.3 is 0 Å². The maximum absolute atomic E-state index is 13.9. The lowest BCUT2D eigenvalue weighted by atomic mass is 10.0. The van der Waals surface area contributed by atoms with Gasteiger partial charge in [-0.15, -0.1) is 0 Å². The minimum absolute atomic E-state index is 0.131. The van der Waals surface area contributed by atoms with Crippen LogP contribution in [0, 0.1) is 0 Å². The van der Waals surface area contributed by atoms with Gasteiger partial charge in [-0.25, -0.2) is 0 Å². The molecule has 10 heteroatoms. The molecule has 4 aromatic rings. The predicted octanol–water partition coefficient (Wildman–Crippen LogP) is 2.43. The number of H-pyrrole nitrogens is 1. The van der Waals surface area contributed by atoms with E-state index in [0.717, 1.165) is 0 Å². The van der Waals surface area contributed by atoms with Crippen molar-refractivity contribution in [2.45, 2.75) is 25.4 Å². The molecule has 0 saturated carbocycles. The van der Waals surface area contributed by atoms with Crippen LogP contribution in [0.4, 0.5) is 0 Å². The molecular formula is C29H30N4O6. The second-order valence-corrected chi connectivity index (χ2v) is 9.67. The van der Waals surface area contributed by atoms with Crippen LogP contribution >= 0.6 is 0 Å².